The van der Waals surface area contributed by atoms with Gasteiger partial charge in [0.25, 0.3) is 0 Å². The summed E-state index contributed by atoms with van der Waals surface area (Å²) in [4.78, 5) is 11.8. The molecule has 0 aliphatic carbocycles. The minimum Gasteiger partial charge on any atom is -0.397 e. The largest absolute Gasteiger partial charge is 0.397 e. The minimum atomic E-state index is 0.0614. The summed E-state index contributed by atoms with van der Waals surface area (Å²) in [6.07, 6.45) is 5.23. The summed E-state index contributed by atoms with van der Waals surface area (Å²) in [5.41, 5.74) is 7.13. The van der Waals surface area contributed by atoms with Gasteiger partial charge >= 0.3 is 0 Å². The van der Waals surface area contributed by atoms with Gasteiger partial charge in [0.1, 0.15) is 0 Å². The Bertz CT molecular complexity index is 420. The zero-order valence-corrected chi connectivity index (χ0v) is 12.6. The number of carbonyl (C=O) groups excluding carboxylic acids is 1. The van der Waals surface area contributed by atoms with Gasteiger partial charge in [-0.25, -0.2) is 0 Å². The second-order valence-corrected chi connectivity index (χ2v) is 7.50. The van der Waals surface area contributed by atoms with Gasteiger partial charge in [0.05, 0.1) is 11.4 Å². The smallest absolute Gasteiger partial charge is 0.224 e. The minimum absolute atomic E-state index is 0.0614. The van der Waals surface area contributed by atoms with E-state index in [2.05, 4.69) is 5.32 Å². The van der Waals surface area contributed by atoms with Crippen LogP contribution >= 0.6 is 21.6 Å². The van der Waals surface area contributed by atoms with Crippen LogP contribution in [0.15, 0.2) is 24.3 Å². The van der Waals surface area contributed by atoms with E-state index in [4.69, 9.17) is 5.73 Å². The second kappa shape index (κ2) is 7.70. The molecule has 1 atom stereocenters. The van der Waals surface area contributed by atoms with E-state index in [1.54, 1.807) is 6.07 Å². The normalized spacial score (nSPS) is 18.4. The first kappa shape index (κ1) is 14.6. The maximum atomic E-state index is 11.8. The number of anilines is 2. The van der Waals surface area contributed by atoms with Gasteiger partial charge < -0.3 is 11.1 Å². The summed E-state index contributed by atoms with van der Waals surface area (Å²) >= 11 is 0. The van der Waals surface area contributed by atoms with Gasteiger partial charge in [0, 0.05) is 17.4 Å². The highest BCUT2D eigenvalue weighted by Crippen LogP contribution is 2.39. The summed E-state index contributed by atoms with van der Waals surface area (Å²) in [6, 6.07) is 7.37. The predicted octanol–water partition coefficient (Wildman–Crippen LogP) is 3.92. The molecule has 1 aromatic carbocycles. The van der Waals surface area contributed by atoms with Gasteiger partial charge in [-0.2, -0.15) is 0 Å². The van der Waals surface area contributed by atoms with Crippen LogP contribution in [0, 0.1) is 0 Å². The highest BCUT2D eigenvalue weighted by Gasteiger charge is 2.15. The Morgan fingerprint density at radius 2 is 2.21 bits per heavy atom. The maximum Gasteiger partial charge on any atom is 0.224 e. The molecule has 1 aromatic rings. The summed E-state index contributed by atoms with van der Waals surface area (Å²) in [6.45, 7) is 0. The van der Waals surface area contributed by atoms with Crippen molar-refractivity contribution in [2.45, 2.75) is 37.4 Å². The van der Waals surface area contributed by atoms with Crippen LogP contribution in [0.5, 0.6) is 0 Å². The van der Waals surface area contributed by atoms with Crippen molar-refractivity contribution in [1.82, 2.24) is 0 Å². The van der Waals surface area contributed by atoms with Crippen molar-refractivity contribution in [2.24, 2.45) is 0 Å². The number of carbonyl (C=O) groups is 1. The van der Waals surface area contributed by atoms with E-state index in [1.165, 1.54) is 18.6 Å². The molecule has 1 fully saturated rings. The number of unbranched alkanes of at least 4 members (excludes halogenated alkanes) is 1. The van der Waals surface area contributed by atoms with Crippen molar-refractivity contribution in [3.05, 3.63) is 24.3 Å². The molecule has 1 amide bonds. The SMILES string of the molecule is Nc1ccccc1NC(=O)CCCC[C@@H]1CCSS1. The molecule has 0 radical (unpaired) electrons. The lowest BCUT2D eigenvalue weighted by atomic mass is 10.1. The fourth-order valence-electron chi connectivity index (χ4n) is 2.05. The number of nitrogens with two attached hydrogens (primary N) is 1. The first-order valence-corrected chi connectivity index (χ1v) is 9.06. The first-order chi connectivity index (χ1) is 9.25. The van der Waals surface area contributed by atoms with E-state index in [1.807, 2.05) is 39.8 Å². The molecule has 1 aliphatic rings. The van der Waals surface area contributed by atoms with Gasteiger partial charge in [-0.05, 0) is 31.4 Å². The number of nitrogen functional groups attached to an aromatic ring is 1. The molecule has 0 saturated carbocycles. The first-order valence-electron chi connectivity index (χ1n) is 6.68. The molecule has 3 nitrogen and oxygen atoms in total. The Morgan fingerprint density at radius 1 is 1.37 bits per heavy atom. The van der Waals surface area contributed by atoms with E-state index in [-0.39, 0.29) is 5.91 Å². The number of benzene rings is 1. The zero-order valence-electron chi connectivity index (χ0n) is 10.9. The maximum absolute atomic E-state index is 11.8. The molecule has 0 unspecified atom stereocenters. The third-order valence-electron chi connectivity index (χ3n) is 3.14. The fraction of sp³-hybridized carbons (Fsp3) is 0.500. The van der Waals surface area contributed by atoms with E-state index in [0.29, 0.717) is 12.1 Å². The number of para-hydroxylation sites is 2. The highest BCUT2D eigenvalue weighted by molar-refractivity contribution is 8.77. The van der Waals surface area contributed by atoms with Crippen molar-refractivity contribution >= 4 is 38.9 Å². The molecule has 0 spiro atoms. The van der Waals surface area contributed by atoms with Crippen LogP contribution in [0.4, 0.5) is 11.4 Å². The average Bonchev–Trinajstić information content (AvgIpc) is 2.91. The Labute approximate surface area is 122 Å². The molecule has 1 heterocycles. The fourth-order valence-corrected chi connectivity index (χ4v) is 5.07. The lowest BCUT2D eigenvalue weighted by Gasteiger charge is -2.09. The summed E-state index contributed by atoms with van der Waals surface area (Å²) in [5.74, 6) is 1.34. The van der Waals surface area contributed by atoms with Crippen LogP contribution in [0.25, 0.3) is 0 Å². The monoisotopic (exact) mass is 296 g/mol. The van der Waals surface area contributed by atoms with E-state index < -0.39 is 0 Å². The standard InChI is InChI=1S/C14H20N2OS2/c15-12-6-2-3-7-13(12)16-14(17)8-4-1-5-11-9-10-18-19-11/h2-3,6-7,11H,1,4-5,8-10,15H2,(H,16,17)/t11-/m1/s1. The lowest BCUT2D eigenvalue weighted by Crippen LogP contribution is -2.12. The number of hydrogen-bond acceptors (Lipinski definition) is 4. The molecule has 5 heteroatoms. The summed E-state index contributed by atoms with van der Waals surface area (Å²) in [7, 11) is 3.98. The Morgan fingerprint density at radius 3 is 2.95 bits per heavy atom. The molecule has 19 heavy (non-hydrogen) atoms. The van der Waals surface area contributed by atoms with Gasteiger partial charge in [0.2, 0.25) is 5.91 Å². The van der Waals surface area contributed by atoms with Crippen molar-refractivity contribution in [1.29, 1.82) is 0 Å². The molecular weight excluding hydrogens is 276 g/mol. The second-order valence-electron chi connectivity index (χ2n) is 4.71. The van der Waals surface area contributed by atoms with Crippen LogP contribution in [-0.4, -0.2) is 16.9 Å². The predicted molar refractivity (Wildman–Crippen MR) is 86.4 cm³/mol. The Balaban J connectivity index is 1.63. The van der Waals surface area contributed by atoms with Gasteiger partial charge in [-0.1, -0.05) is 40.1 Å². The van der Waals surface area contributed by atoms with Crippen LogP contribution in [0.3, 0.4) is 0 Å². The van der Waals surface area contributed by atoms with Crippen molar-refractivity contribution in [3.8, 4) is 0 Å². The van der Waals surface area contributed by atoms with Crippen LogP contribution in [0.1, 0.15) is 32.1 Å². The lowest BCUT2D eigenvalue weighted by molar-refractivity contribution is -0.116. The van der Waals surface area contributed by atoms with Crippen molar-refractivity contribution in [2.75, 3.05) is 16.8 Å². The topological polar surface area (TPSA) is 55.1 Å². The molecule has 0 bridgehead atoms. The van der Waals surface area contributed by atoms with Gasteiger partial charge in [-0.15, -0.1) is 0 Å². The zero-order chi connectivity index (χ0) is 13.5. The number of rotatable bonds is 6. The van der Waals surface area contributed by atoms with E-state index in [9.17, 15) is 4.79 Å². The molecule has 0 aromatic heterocycles. The van der Waals surface area contributed by atoms with E-state index >= 15 is 0 Å². The molecule has 1 saturated heterocycles. The van der Waals surface area contributed by atoms with Crippen LogP contribution < -0.4 is 11.1 Å². The Hall–Kier alpha value is -0.810. The summed E-state index contributed by atoms with van der Waals surface area (Å²) < 4.78 is 0. The van der Waals surface area contributed by atoms with Crippen molar-refractivity contribution in [3.63, 3.8) is 0 Å². The van der Waals surface area contributed by atoms with Gasteiger partial charge in [-0.3, -0.25) is 4.79 Å². The van der Waals surface area contributed by atoms with Crippen LogP contribution in [-0.2, 0) is 4.79 Å². The number of amides is 1. The average molecular weight is 296 g/mol. The summed E-state index contributed by atoms with van der Waals surface area (Å²) in [5, 5.41) is 3.67. The highest BCUT2D eigenvalue weighted by atomic mass is 33.1. The molecule has 1 aliphatic heterocycles. The quantitative estimate of drug-likeness (QED) is 0.474. The molecule has 104 valence electrons. The third-order valence-corrected chi connectivity index (χ3v) is 6.15. The molecule has 2 rings (SSSR count). The Kier molecular flexibility index (Phi) is 5.92. The van der Waals surface area contributed by atoms with Crippen LogP contribution in [0.2, 0.25) is 0 Å². The number of hydrogen-bond donors (Lipinski definition) is 2. The van der Waals surface area contributed by atoms with Crippen molar-refractivity contribution < 1.29 is 4.79 Å². The third kappa shape index (κ3) is 4.99. The molecular formula is C14H20N2OS2. The molecule has 3 N–H and O–H groups in total. The van der Waals surface area contributed by atoms with Gasteiger partial charge in [0.15, 0.2) is 0 Å². The van der Waals surface area contributed by atoms with E-state index in [0.717, 1.165) is 23.8 Å². The number of nitrogens with one attached hydrogen (secondary N) is 1.